The van der Waals surface area contributed by atoms with Crippen molar-refractivity contribution in [2.24, 2.45) is 7.05 Å². The number of aliphatic hydroxyl groups excluding tert-OH is 2. The number of aliphatic hydroxyl groups is 2. The van der Waals surface area contributed by atoms with Gasteiger partial charge in [0, 0.05) is 46.3 Å². The minimum absolute atomic E-state index is 0.211. The van der Waals surface area contributed by atoms with Crippen LogP contribution < -0.4 is 10.1 Å². The van der Waals surface area contributed by atoms with Gasteiger partial charge in [-0.1, -0.05) is 31.0 Å². The van der Waals surface area contributed by atoms with Crippen LogP contribution in [0.4, 0.5) is 5.82 Å². The highest BCUT2D eigenvalue weighted by atomic mass is 35.5. The number of piperazine rings is 1. The van der Waals surface area contributed by atoms with Crippen LogP contribution >= 0.6 is 11.6 Å². The number of nitrogens with zero attached hydrogens (tertiary/aromatic N) is 6. The summed E-state index contributed by atoms with van der Waals surface area (Å²) >= 11 is 6.32. The zero-order valence-corrected chi connectivity index (χ0v) is 22.0. The third kappa shape index (κ3) is 6.24. The lowest BCUT2D eigenvalue weighted by Gasteiger charge is -2.35. The highest BCUT2D eigenvalue weighted by Crippen LogP contribution is 2.27. The standard InChI is InChI=1S/C25H36ClN7O3/c1-4-5-20-23-24(31(2)30-20)25(27-13-17-6-7-21(36-3)19(26)12-17)29-22(28-23)15-33-10-8-32(9-11-33)14-18(35)16-34/h6-7,12,18,34-35H,4-5,8-11,13-16H2,1-3H3,(H,27,28,29). The van der Waals surface area contributed by atoms with Crippen molar-refractivity contribution in [3.8, 4) is 5.75 Å². The normalized spacial score (nSPS) is 15.9. The number of benzene rings is 1. The van der Waals surface area contributed by atoms with Crippen LogP contribution in [0, 0.1) is 0 Å². The molecule has 1 aliphatic rings. The molecule has 1 fully saturated rings. The summed E-state index contributed by atoms with van der Waals surface area (Å²) in [5.74, 6) is 2.16. The van der Waals surface area contributed by atoms with Gasteiger partial charge in [-0.3, -0.25) is 14.5 Å². The summed E-state index contributed by atoms with van der Waals surface area (Å²) in [6.45, 7) is 6.97. The van der Waals surface area contributed by atoms with E-state index in [9.17, 15) is 5.11 Å². The van der Waals surface area contributed by atoms with E-state index in [0.717, 1.165) is 73.0 Å². The molecular weight excluding hydrogens is 482 g/mol. The topological polar surface area (TPSA) is 112 Å². The summed E-state index contributed by atoms with van der Waals surface area (Å²) < 4.78 is 7.12. The number of nitrogens with one attached hydrogen (secondary N) is 1. The van der Waals surface area contributed by atoms with Crippen molar-refractivity contribution in [3.05, 3.63) is 40.3 Å². The molecule has 4 rings (SSSR count). The Morgan fingerprint density at radius 3 is 2.58 bits per heavy atom. The van der Waals surface area contributed by atoms with E-state index >= 15 is 0 Å². The van der Waals surface area contributed by atoms with Crippen LogP contribution in [0.25, 0.3) is 11.0 Å². The molecule has 1 aromatic carbocycles. The van der Waals surface area contributed by atoms with Crippen LogP contribution in [0.2, 0.25) is 5.02 Å². The maximum Gasteiger partial charge on any atom is 0.156 e. The van der Waals surface area contributed by atoms with Crippen molar-refractivity contribution < 1.29 is 14.9 Å². The number of rotatable bonds is 11. The molecule has 2 aromatic heterocycles. The van der Waals surface area contributed by atoms with Gasteiger partial charge < -0.3 is 20.3 Å². The number of hydrogen-bond donors (Lipinski definition) is 3. The Labute approximate surface area is 216 Å². The summed E-state index contributed by atoms with van der Waals surface area (Å²) in [6.07, 6.45) is 1.15. The molecule has 1 aliphatic heterocycles. The Balaban J connectivity index is 1.54. The lowest BCUT2D eigenvalue weighted by molar-refractivity contribution is 0.0379. The maximum absolute atomic E-state index is 9.73. The average molecular weight is 518 g/mol. The maximum atomic E-state index is 9.73. The quantitative estimate of drug-likeness (QED) is 0.352. The SMILES string of the molecule is CCCc1nn(C)c2c(NCc3ccc(OC)c(Cl)c3)nc(CN3CCN(CC(O)CO)CC3)nc12. The van der Waals surface area contributed by atoms with Gasteiger partial charge in [0.2, 0.25) is 0 Å². The smallest absolute Gasteiger partial charge is 0.156 e. The molecule has 0 spiro atoms. The van der Waals surface area contributed by atoms with Crippen molar-refractivity contribution in [3.63, 3.8) is 0 Å². The van der Waals surface area contributed by atoms with Crippen LogP contribution in [-0.2, 0) is 26.6 Å². The van der Waals surface area contributed by atoms with Crippen molar-refractivity contribution in [1.82, 2.24) is 29.5 Å². The van der Waals surface area contributed by atoms with Gasteiger partial charge in [-0.05, 0) is 24.1 Å². The number of ether oxygens (including phenoxy) is 1. The molecule has 36 heavy (non-hydrogen) atoms. The van der Waals surface area contributed by atoms with E-state index in [1.807, 2.05) is 29.9 Å². The first-order valence-electron chi connectivity index (χ1n) is 12.4. The first kappa shape index (κ1) is 26.6. The third-order valence-corrected chi connectivity index (χ3v) is 6.77. The number of fused-ring (bicyclic) bond motifs is 1. The van der Waals surface area contributed by atoms with Crippen LogP contribution in [0.15, 0.2) is 18.2 Å². The molecule has 3 aromatic rings. The number of aromatic nitrogens is 4. The highest BCUT2D eigenvalue weighted by molar-refractivity contribution is 6.32. The second kappa shape index (κ2) is 12.2. The number of hydrogen-bond acceptors (Lipinski definition) is 9. The van der Waals surface area contributed by atoms with Gasteiger partial charge in [-0.15, -0.1) is 0 Å². The summed E-state index contributed by atoms with van der Waals surface area (Å²) in [7, 11) is 3.53. The fraction of sp³-hybridized carbons (Fsp3) is 0.560. The van der Waals surface area contributed by atoms with Gasteiger partial charge in [-0.25, -0.2) is 9.97 Å². The first-order valence-corrected chi connectivity index (χ1v) is 12.8. The van der Waals surface area contributed by atoms with Gasteiger partial charge in [0.25, 0.3) is 0 Å². The van der Waals surface area contributed by atoms with Gasteiger partial charge in [0.1, 0.15) is 22.6 Å². The third-order valence-electron chi connectivity index (χ3n) is 6.47. The molecule has 10 nitrogen and oxygen atoms in total. The molecule has 1 atom stereocenters. The first-order chi connectivity index (χ1) is 17.4. The molecule has 0 bridgehead atoms. The number of β-amino-alcohol motifs (C(OH)–C–C–N with tert-alkyl or cyclic N) is 1. The zero-order valence-electron chi connectivity index (χ0n) is 21.2. The molecule has 0 saturated carbocycles. The summed E-state index contributed by atoms with van der Waals surface area (Å²) in [5.41, 5.74) is 3.79. The predicted molar refractivity (Wildman–Crippen MR) is 140 cm³/mol. The number of methoxy groups -OCH3 is 1. The van der Waals surface area contributed by atoms with Gasteiger partial charge in [0.15, 0.2) is 5.82 Å². The van der Waals surface area contributed by atoms with E-state index < -0.39 is 6.10 Å². The van der Waals surface area contributed by atoms with E-state index in [2.05, 4.69) is 22.0 Å². The summed E-state index contributed by atoms with van der Waals surface area (Å²) in [4.78, 5) is 14.4. The predicted octanol–water partition coefficient (Wildman–Crippen LogP) is 2.06. The van der Waals surface area contributed by atoms with Crippen LogP contribution in [0.3, 0.4) is 0 Å². The van der Waals surface area contributed by atoms with Crippen molar-refractivity contribution >= 4 is 28.5 Å². The minimum atomic E-state index is -0.695. The minimum Gasteiger partial charge on any atom is -0.495 e. The molecule has 0 aliphatic carbocycles. The molecule has 11 heteroatoms. The monoisotopic (exact) mass is 517 g/mol. The van der Waals surface area contributed by atoms with E-state index in [1.54, 1.807) is 7.11 Å². The zero-order chi connectivity index (χ0) is 25.7. The molecular formula is C25H36ClN7O3. The number of halogens is 1. The van der Waals surface area contributed by atoms with Crippen LogP contribution in [0.5, 0.6) is 5.75 Å². The molecule has 3 N–H and O–H groups in total. The summed E-state index contributed by atoms with van der Waals surface area (Å²) in [5, 5.41) is 27.6. The van der Waals surface area contributed by atoms with Crippen molar-refractivity contribution in [2.75, 3.05) is 51.8 Å². The van der Waals surface area contributed by atoms with E-state index in [1.165, 1.54) is 0 Å². The van der Waals surface area contributed by atoms with Gasteiger partial charge in [0.05, 0.1) is 37.1 Å². The van der Waals surface area contributed by atoms with E-state index in [0.29, 0.717) is 30.4 Å². The number of anilines is 1. The second-order valence-electron chi connectivity index (χ2n) is 9.24. The fourth-order valence-corrected chi connectivity index (χ4v) is 4.86. The molecule has 1 saturated heterocycles. The van der Waals surface area contributed by atoms with Gasteiger partial charge in [-0.2, -0.15) is 5.10 Å². The highest BCUT2D eigenvalue weighted by Gasteiger charge is 2.22. The number of aryl methyl sites for hydroxylation is 2. The molecule has 3 heterocycles. The molecule has 0 amide bonds. The Bertz CT molecular complexity index is 1160. The lowest BCUT2D eigenvalue weighted by Crippen LogP contribution is -2.48. The largest absolute Gasteiger partial charge is 0.495 e. The van der Waals surface area contributed by atoms with E-state index in [4.69, 9.17) is 36.5 Å². The van der Waals surface area contributed by atoms with Crippen LogP contribution in [0.1, 0.15) is 30.4 Å². The fourth-order valence-electron chi connectivity index (χ4n) is 4.58. The molecule has 1 unspecified atom stereocenters. The lowest BCUT2D eigenvalue weighted by atomic mass is 10.2. The Morgan fingerprint density at radius 1 is 1.17 bits per heavy atom. The Morgan fingerprint density at radius 2 is 1.92 bits per heavy atom. The van der Waals surface area contributed by atoms with E-state index in [-0.39, 0.29) is 6.61 Å². The molecule has 196 valence electrons. The van der Waals surface area contributed by atoms with Crippen molar-refractivity contribution in [1.29, 1.82) is 0 Å². The van der Waals surface area contributed by atoms with Crippen LogP contribution in [-0.4, -0.2) is 92.3 Å². The average Bonchev–Trinajstić information content (AvgIpc) is 3.19. The Kier molecular flexibility index (Phi) is 8.97. The Hall–Kier alpha value is -2.50. The van der Waals surface area contributed by atoms with Crippen molar-refractivity contribution in [2.45, 2.75) is 39.0 Å². The second-order valence-corrected chi connectivity index (χ2v) is 9.65. The summed E-state index contributed by atoms with van der Waals surface area (Å²) in [6, 6.07) is 5.74. The van der Waals surface area contributed by atoms with Gasteiger partial charge >= 0.3 is 0 Å². The molecule has 0 radical (unpaired) electrons.